The molecular formula is C16H14ClN3O3S. The number of hydrogen-bond donors (Lipinski definition) is 1. The summed E-state index contributed by atoms with van der Waals surface area (Å²) in [6.45, 7) is 1.91. The topological polar surface area (TPSA) is 85.1 Å². The van der Waals surface area contributed by atoms with Crippen molar-refractivity contribution in [1.29, 1.82) is 0 Å². The smallest absolute Gasteiger partial charge is 0.257 e. The lowest BCUT2D eigenvalue weighted by Gasteiger charge is -2.04. The number of nitrogens with zero attached hydrogens (tertiary/aromatic N) is 2. The molecule has 3 aromatic rings. The molecule has 0 atom stereocenters. The summed E-state index contributed by atoms with van der Waals surface area (Å²) in [6, 6.07) is 13.5. The molecule has 0 unspecified atom stereocenters. The third kappa shape index (κ3) is 3.81. The summed E-state index contributed by atoms with van der Waals surface area (Å²) in [6.07, 6.45) is 0. The molecule has 0 saturated heterocycles. The van der Waals surface area contributed by atoms with Gasteiger partial charge in [-0.2, -0.15) is 4.98 Å². The van der Waals surface area contributed by atoms with Crippen molar-refractivity contribution in [2.24, 2.45) is 0 Å². The van der Waals surface area contributed by atoms with Crippen molar-refractivity contribution in [3.8, 4) is 11.5 Å². The van der Waals surface area contributed by atoms with E-state index in [-0.39, 0.29) is 17.3 Å². The molecule has 0 amide bonds. The zero-order valence-electron chi connectivity index (χ0n) is 12.7. The highest BCUT2D eigenvalue weighted by Gasteiger charge is 2.16. The Morgan fingerprint density at radius 1 is 1.08 bits per heavy atom. The zero-order valence-corrected chi connectivity index (χ0v) is 14.3. The number of rotatable bonds is 5. The predicted molar refractivity (Wildman–Crippen MR) is 89.9 cm³/mol. The number of benzene rings is 2. The van der Waals surface area contributed by atoms with Crippen LogP contribution in [-0.2, 0) is 16.6 Å². The van der Waals surface area contributed by atoms with Gasteiger partial charge in [0.15, 0.2) is 5.82 Å². The fraction of sp³-hybridized carbons (Fsp3) is 0.125. The summed E-state index contributed by atoms with van der Waals surface area (Å²) in [7, 11) is -3.67. The number of hydrogen-bond acceptors (Lipinski definition) is 5. The molecule has 6 nitrogen and oxygen atoms in total. The van der Waals surface area contributed by atoms with Crippen molar-refractivity contribution < 1.29 is 12.9 Å². The molecule has 0 spiro atoms. The first-order valence-corrected chi connectivity index (χ1v) is 8.95. The first kappa shape index (κ1) is 16.6. The molecule has 0 bridgehead atoms. The average Bonchev–Trinajstić information content (AvgIpc) is 3.03. The highest BCUT2D eigenvalue weighted by Crippen LogP contribution is 2.18. The van der Waals surface area contributed by atoms with Crippen LogP contribution in [0.4, 0.5) is 0 Å². The van der Waals surface area contributed by atoms with Crippen LogP contribution in [0.5, 0.6) is 0 Å². The van der Waals surface area contributed by atoms with Crippen molar-refractivity contribution in [3.05, 3.63) is 64.9 Å². The van der Waals surface area contributed by atoms with Gasteiger partial charge in [0, 0.05) is 10.6 Å². The third-order valence-corrected chi connectivity index (χ3v) is 4.98. The Hall–Kier alpha value is -2.22. The summed E-state index contributed by atoms with van der Waals surface area (Å²) >= 11 is 5.76. The van der Waals surface area contributed by atoms with Crippen molar-refractivity contribution >= 4 is 21.6 Å². The van der Waals surface area contributed by atoms with E-state index in [9.17, 15) is 8.42 Å². The van der Waals surface area contributed by atoms with Crippen LogP contribution in [0.3, 0.4) is 0 Å². The monoisotopic (exact) mass is 363 g/mol. The molecule has 0 aliphatic carbocycles. The third-order valence-electron chi connectivity index (χ3n) is 3.31. The number of aromatic nitrogens is 2. The fourth-order valence-corrected chi connectivity index (χ4v) is 3.10. The summed E-state index contributed by atoms with van der Waals surface area (Å²) in [5, 5.41) is 4.26. The highest BCUT2D eigenvalue weighted by molar-refractivity contribution is 7.89. The van der Waals surface area contributed by atoms with Gasteiger partial charge < -0.3 is 4.52 Å². The Balaban J connectivity index is 1.71. The van der Waals surface area contributed by atoms with Gasteiger partial charge in [-0.25, -0.2) is 13.1 Å². The Labute approximate surface area is 144 Å². The van der Waals surface area contributed by atoms with Gasteiger partial charge in [0.1, 0.15) is 0 Å². The van der Waals surface area contributed by atoms with E-state index < -0.39 is 10.0 Å². The molecule has 0 aliphatic rings. The molecule has 1 heterocycles. The molecule has 1 N–H and O–H groups in total. The van der Waals surface area contributed by atoms with Gasteiger partial charge in [-0.15, -0.1) is 0 Å². The molecular weight excluding hydrogens is 350 g/mol. The van der Waals surface area contributed by atoms with Gasteiger partial charge in [0.05, 0.1) is 11.4 Å². The van der Waals surface area contributed by atoms with Crippen LogP contribution in [0.1, 0.15) is 11.4 Å². The zero-order chi connectivity index (χ0) is 17.2. The Morgan fingerprint density at radius 2 is 1.75 bits per heavy atom. The van der Waals surface area contributed by atoms with Gasteiger partial charge in [-0.3, -0.25) is 0 Å². The van der Waals surface area contributed by atoms with Gasteiger partial charge in [-0.1, -0.05) is 34.5 Å². The van der Waals surface area contributed by atoms with E-state index in [1.54, 1.807) is 0 Å². The Bertz CT molecular complexity index is 935. The maximum absolute atomic E-state index is 12.2. The molecule has 0 saturated carbocycles. The van der Waals surface area contributed by atoms with Crippen LogP contribution < -0.4 is 4.72 Å². The molecule has 124 valence electrons. The van der Waals surface area contributed by atoms with Crippen molar-refractivity contribution in [2.45, 2.75) is 18.4 Å². The van der Waals surface area contributed by atoms with E-state index >= 15 is 0 Å². The molecule has 8 heteroatoms. The molecule has 24 heavy (non-hydrogen) atoms. The number of nitrogens with one attached hydrogen (secondary N) is 1. The minimum absolute atomic E-state index is 0.0691. The van der Waals surface area contributed by atoms with E-state index in [4.69, 9.17) is 16.1 Å². The normalized spacial score (nSPS) is 11.6. The minimum atomic E-state index is -3.67. The molecule has 0 fully saturated rings. The van der Waals surface area contributed by atoms with Crippen LogP contribution in [-0.4, -0.2) is 18.6 Å². The number of halogens is 1. The molecule has 0 radical (unpaired) electrons. The second kappa shape index (κ2) is 6.72. The Morgan fingerprint density at radius 3 is 2.42 bits per heavy atom. The van der Waals surface area contributed by atoms with E-state index in [0.717, 1.165) is 11.1 Å². The fourth-order valence-electron chi connectivity index (χ4n) is 2.00. The quantitative estimate of drug-likeness (QED) is 0.752. The standard InChI is InChI=1S/C16H14ClN3O3S/c1-11-2-4-12(5-3-11)16-19-15(20-23-16)10-18-24(21,22)14-8-6-13(17)7-9-14/h2-9,18H,10H2,1H3. The lowest BCUT2D eigenvalue weighted by Crippen LogP contribution is -2.23. The maximum Gasteiger partial charge on any atom is 0.257 e. The lowest BCUT2D eigenvalue weighted by molar-refractivity contribution is 0.421. The molecule has 1 aromatic heterocycles. The van der Waals surface area contributed by atoms with Crippen LogP contribution >= 0.6 is 11.6 Å². The van der Waals surface area contributed by atoms with E-state index in [1.165, 1.54) is 24.3 Å². The summed E-state index contributed by atoms with van der Waals surface area (Å²) in [5.74, 6) is 0.596. The second-order valence-electron chi connectivity index (χ2n) is 5.16. The minimum Gasteiger partial charge on any atom is -0.334 e. The largest absolute Gasteiger partial charge is 0.334 e. The van der Waals surface area contributed by atoms with Crippen LogP contribution in [0.25, 0.3) is 11.5 Å². The van der Waals surface area contributed by atoms with E-state index in [2.05, 4.69) is 14.9 Å². The summed E-state index contributed by atoms with van der Waals surface area (Å²) in [4.78, 5) is 4.31. The van der Waals surface area contributed by atoms with Gasteiger partial charge in [0.25, 0.3) is 5.89 Å². The van der Waals surface area contributed by atoms with Gasteiger partial charge in [-0.05, 0) is 43.3 Å². The first-order valence-electron chi connectivity index (χ1n) is 7.09. The molecule has 0 aliphatic heterocycles. The van der Waals surface area contributed by atoms with E-state index in [1.807, 2.05) is 31.2 Å². The highest BCUT2D eigenvalue weighted by atomic mass is 35.5. The number of aryl methyl sites for hydroxylation is 1. The second-order valence-corrected chi connectivity index (χ2v) is 7.36. The maximum atomic E-state index is 12.2. The van der Waals surface area contributed by atoms with Crippen molar-refractivity contribution in [2.75, 3.05) is 0 Å². The van der Waals surface area contributed by atoms with Crippen molar-refractivity contribution in [3.63, 3.8) is 0 Å². The van der Waals surface area contributed by atoms with Crippen LogP contribution in [0.15, 0.2) is 57.9 Å². The number of sulfonamides is 1. The van der Waals surface area contributed by atoms with Crippen LogP contribution in [0.2, 0.25) is 5.02 Å². The van der Waals surface area contributed by atoms with Crippen LogP contribution in [0, 0.1) is 6.92 Å². The summed E-state index contributed by atoms with van der Waals surface area (Å²) < 4.78 is 32.0. The van der Waals surface area contributed by atoms with Gasteiger partial charge in [0.2, 0.25) is 10.0 Å². The Kier molecular flexibility index (Phi) is 4.66. The summed E-state index contributed by atoms with van der Waals surface area (Å²) in [5.41, 5.74) is 1.90. The van der Waals surface area contributed by atoms with E-state index in [0.29, 0.717) is 10.9 Å². The van der Waals surface area contributed by atoms with Crippen molar-refractivity contribution in [1.82, 2.24) is 14.9 Å². The first-order chi connectivity index (χ1) is 11.4. The lowest BCUT2D eigenvalue weighted by atomic mass is 10.1. The van der Waals surface area contributed by atoms with Gasteiger partial charge >= 0.3 is 0 Å². The average molecular weight is 364 g/mol. The molecule has 3 rings (SSSR count). The molecule has 2 aromatic carbocycles. The predicted octanol–water partition coefficient (Wildman–Crippen LogP) is 3.18. The SMILES string of the molecule is Cc1ccc(-c2nc(CNS(=O)(=O)c3ccc(Cl)cc3)no2)cc1.